The molecule has 122 valence electrons. The maximum Gasteiger partial charge on any atom is 0.251 e. The van der Waals surface area contributed by atoms with E-state index in [0.717, 1.165) is 11.1 Å². The lowest BCUT2D eigenvalue weighted by Gasteiger charge is -2.20. The summed E-state index contributed by atoms with van der Waals surface area (Å²) >= 11 is 0. The summed E-state index contributed by atoms with van der Waals surface area (Å²) in [4.78, 5) is 16.3. The Morgan fingerprint density at radius 2 is 1.78 bits per heavy atom. The monoisotopic (exact) mass is 313 g/mol. The van der Waals surface area contributed by atoms with E-state index in [4.69, 9.17) is 10.5 Å². The zero-order valence-corrected chi connectivity index (χ0v) is 13.8. The second-order valence-corrected chi connectivity index (χ2v) is 6.30. The molecule has 1 aromatic carbocycles. The van der Waals surface area contributed by atoms with Gasteiger partial charge in [0.15, 0.2) is 0 Å². The van der Waals surface area contributed by atoms with Gasteiger partial charge in [-0.2, -0.15) is 0 Å². The van der Waals surface area contributed by atoms with Crippen molar-refractivity contribution in [2.75, 3.05) is 0 Å². The molecule has 2 rings (SSSR count). The number of hydrogen-bond donors (Lipinski definition) is 2. The van der Waals surface area contributed by atoms with Crippen LogP contribution in [-0.4, -0.2) is 16.5 Å². The first-order chi connectivity index (χ1) is 10.9. The smallest absolute Gasteiger partial charge is 0.251 e. The Bertz CT molecular complexity index is 643. The number of ether oxygens (including phenoxy) is 1. The molecule has 3 N–H and O–H groups in total. The summed E-state index contributed by atoms with van der Waals surface area (Å²) in [6, 6.07) is 11.0. The van der Waals surface area contributed by atoms with E-state index >= 15 is 0 Å². The summed E-state index contributed by atoms with van der Waals surface area (Å²) in [5, 5.41) is 2.87. The van der Waals surface area contributed by atoms with E-state index < -0.39 is 0 Å². The van der Waals surface area contributed by atoms with Crippen molar-refractivity contribution in [1.29, 1.82) is 0 Å². The van der Waals surface area contributed by atoms with Gasteiger partial charge in [-0.25, -0.2) is 4.98 Å². The fourth-order valence-corrected chi connectivity index (χ4v) is 1.97. The molecule has 0 aliphatic carbocycles. The minimum atomic E-state index is -0.279. The van der Waals surface area contributed by atoms with Crippen molar-refractivity contribution < 1.29 is 9.53 Å². The van der Waals surface area contributed by atoms with E-state index in [1.807, 2.05) is 45.0 Å². The third-order valence-electron chi connectivity index (χ3n) is 3.11. The van der Waals surface area contributed by atoms with Crippen LogP contribution in [0.25, 0.3) is 0 Å². The average Bonchev–Trinajstić information content (AvgIpc) is 2.52. The Morgan fingerprint density at radius 1 is 1.13 bits per heavy atom. The second kappa shape index (κ2) is 7.24. The van der Waals surface area contributed by atoms with Gasteiger partial charge in [0.2, 0.25) is 5.88 Å². The van der Waals surface area contributed by atoms with E-state index in [1.165, 1.54) is 0 Å². The van der Waals surface area contributed by atoms with Gasteiger partial charge >= 0.3 is 0 Å². The van der Waals surface area contributed by atoms with Crippen LogP contribution in [0, 0.1) is 0 Å². The standard InChI is InChI=1S/C18H23N3O2/c1-18(2,3)23-16-9-6-14(11-20-16)12-21-17(22)15-7-4-13(10-19)5-8-15/h4-9,11H,10,12,19H2,1-3H3,(H,21,22). The molecule has 0 saturated carbocycles. The van der Waals surface area contributed by atoms with Crippen LogP contribution in [0.1, 0.15) is 42.3 Å². The van der Waals surface area contributed by atoms with Crippen molar-refractivity contribution in [2.24, 2.45) is 5.73 Å². The normalized spacial score (nSPS) is 11.1. The van der Waals surface area contributed by atoms with Crippen molar-refractivity contribution in [3.8, 4) is 5.88 Å². The van der Waals surface area contributed by atoms with Gasteiger partial charge in [0.1, 0.15) is 5.60 Å². The Kier molecular flexibility index (Phi) is 5.34. The molecule has 0 unspecified atom stereocenters. The number of aromatic nitrogens is 1. The topological polar surface area (TPSA) is 77.2 Å². The Balaban J connectivity index is 1.91. The molecule has 0 saturated heterocycles. The number of nitrogens with one attached hydrogen (secondary N) is 1. The third kappa shape index (κ3) is 5.38. The second-order valence-electron chi connectivity index (χ2n) is 6.30. The summed E-state index contributed by atoms with van der Waals surface area (Å²) in [6.07, 6.45) is 1.71. The van der Waals surface area contributed by atoms with Gasteiger partial charge in [-0.1, -0.05) is 18.2 Å². The highest BCUT2D eigenvalue weighted by Crippen LogP contribution is 2.15. The molecular formula is C18H23N3O2. The quantitative estimate of drug-likeness (QED) is 0.889. The highest BCUT2D eigenvalue weighted by atomic mass is 16.5. The summed E-state index contributed by atoms with van der Waals surface area (Å²) in [7, 11) is 0. The molecule has 0 aliphatic heterocycles. The SMILES string of the molecule is CC(C)(C)Oc1ccc(CNC(=O)c2ccc(CN)cc2)cn1. The highest BCUT2D eigenvalue weighted by molar-refractivity contribution is 5.94. The van der Waals surface area contributed by atoms with Crippen molar-refractivity contribution in [3.05, 3.63) is 59.3 Å². The Labute approximate surface area is 136 Å². The fourth-order valence-electron chi connectivity index (χ4n) is 1.97. The van der Waals surface area contributed by atoms with Crippen LogP contribution in [0.15, 0.2) is 42.6 Å². The predicted molar refractivity (Wildman–Crippen MR) is 90.1 cm³/mol. The van der Waals surface area contributed by atoms with Crippen LogP contribution >= 0.6 is 0 Å². The molecule has 0 fully saturated rings. The maximum atomic E-state index is 12.1. The lowest BCUT2D eigenvalue weighted by Crippen LogP contribution is -2.24. The van der Waals surface area contributed by atoms with Crippen LogP contribution in [0.4, 0.5) is 0 Å². The number of carbonyl (C=O) groups is 1. The van der Waals surface area contributed by atoms with Crippen LogP contribution in [0.3, 0.4) is 0 Å². The zero-order valence-electron chi connectivity index (χ0n) is 13.8. The van der Waals surface area contributed by atoms with Crippen molar-refractivity contribution in [3.63, 3.8) is 0 Å². The molecular weight excluding hydrogens is 290 g/mol. The molecule has 0 spiro atoms. The van der Waals surface area contributed by atoms with E-state index in [-0.39, 0.29) is 11.5 Å². The van der Waals surface area contributed by atoms with E-state index in [9.17, 15) is 4.79 Å². The molecule has 5 nitrogen and oxygen atoms in total. The molecule has 0 radical (unpaired) electrons. The zero-order chi connectivity index (χ0) is 16.9. The molecule has 1 aromatic heterocycles. The van der Waals surface area contributed by atoms with Gasteiger partial charge in [0.05, 0.1) is 0 Å². The fraction of sp³-hybridized carbons (Fsp3) is 0.333. The van der Waals surface area contributed by atoms with E-state index in [1.54, 1.807) is 18.3 Å². The van der Waals surface area contributed by atoms with Crippen molar-refractivity contribution >= 4 is 5.91 Å². The van der Waals surface area contributed by atoms with Crippen LogP contribution < -0.4 is 15.8 Å². The van der Waals surface area contributed by atoms with E-state index in [0.29, 0.717) is 24.5 Å². The first-order valence-corrected chi connectivity index (χ1v) is 7.58. The lowest BCUT2D eigenvalue weighted by molar-refractivity contribution is 0.0951. The van der Waals surface area contributed by atoms with Gasteiger partial charge < -0.3 is 15.8 Å². The number of nitrogens with two attached hydrogens (primary N) is 1. The van der Waals surface area contributed by atoms with Crippen LogP contribution in [-0.2, 0) is 13.1 Å². The van der Waals surface area contributed by atoms with Gasteiger partial charge in [-0.15, -0.1) is 0 Å². The molecule has 23 heavy (non-hydrogen) atoms. The summed E-state index contributed by atoms with van der Waals surface area (Å²) in [6.45, 7) is 6.80. The number of hydrogen-bond acceptors (Lipinski definition) is 4. The number of pyridine rings is 1. The summed E-state index contributed by atoms with van der Waals surface area (Å²) in [5.41, 5.74) is 7.79. The van der Waals surface area contributed by atoms with Crippen molar-refractivity contribution in [1.82, 2.24) is 10.3 Å². The number of carbonyl (C=O) groups excluding carboxylic acids is 1. The van der Waals surface area contributed by atoms with Gasteiger partial charge in [0.25, 0.3) is 5.91 Å². The number of rotatable bonds is 5. The first kappa shape index (κ1) is 17.0. The minimum Gasteiger partial charge on any atom is -0.472 e. The minimum absolute atomic E-state index is 0.122. The third-order valence-corrected chi connectivity index (χ3v) is 3.11. The number of nitrogens with zero attached hydrogens (tertiary/aromatic N) is 1. The van der Waals surface area contributed by atoms with Crippen LogP contribution in [0.2, 0.25) is 0 Å². The summed E-state index contributed by atoms with van der Waals surface area (Å²) in [5.74, 6) is 0.452. The first-order valence-electron chi connectivity index (χ1n) is 7.58. The molecule has 5 heteroatoms. The van der Waals surface area contributed by atoms with E-state index in [2.05, 4.69) is 10.3 Å². The van der Waals surface area contributed by atoms with Crippen LogP contribution in [0.5, 0.6) is 5.88 Å². The molecule has 0 bridgehead atoms. The highest BCUT2D eigenvalue weighted by Gasteiger charge is 2.12. The largest absolute Gasteiger partial charge is 0.472 e. The molecule has 2 aromatic rings. The molecule has 0 atom stereocenters. The number of benzene rings is 1. The maximum absolute atomic E-state index is 12.1. The van der Waals surface area contributed by atoms with Gasteiger partial charge in [0, 0.05) is 30.9 Å². The Morgan fingerprint density at radius 3 is 2.30 bits per heavy atom. The summed E-state index contributed by atoms with van der Waals surface area (Å²) < 4.78 is 5.66. The van der Waals surface area contributed by atoms with Gasteiger partial charge in [-0.3, -0.25) is 4.79 Å². The Hall–Kier alpha value is -2.40. The predicted octanol–water partition coefficient (Wildman–Crippen LogP) is 2.65. The number of amides is 1. The molecule has 1 amide bonds. The lowest BCUT2D eigenvalue weighted by atomic mass is 10.1. The van der Waals surface area contributed by atoms with Crippen molar-refractivity contribution in [2.45, 2.75) is 39.5 Å². The van der Waals surface area contributed by atoms with Gasteiger partial charge in [-0.05, 0) is 44.0 Å². The average molecular weight is 313 g/mol. The molecule has 1 heterocycles. The molecule has 0 aliphatic rings.